The van der Waals surface area contributed by atoms with Crippen molar-refractivity contribution < 1.29 is 18.4 Å². The standard InChI is InChI=1S/C10H17F2N3O2/c1-6(2)15-8(16)4-13-9(17)7-3-10(11,12)5-14-7/h6-7,14H,3-5H2,1-2H3,(H,13,17)(H,15,16). The van der Waals surface area contributed by atoms with Crippen LogP contribution in [-0.2, 0) is 9.59 Å². The summed E-state index contributed by atoms with van der Waals surface area (Å²) in [7, 11) is 0. The van der Waals surface area contributed by atoms with Gasteiger partial charge >= 0.3 is 0 Å². The first-order chi connectivity index (χ1) is 7.80. The molecule has 0 radical (unpaired) electrons. The quantitative estimate of drug-likeness (QED) is 0.636. The van der Waals surface area contributed by atoms with Gasteiger partial charge in [-0.15, -0.1) is 0 Å². The van der Waals surface area contributed by atoms with Gasteiger partial charge in [0.2, 0.25) is 11.8 Å². The lowest BCUT2D eigenvalue weighted by molar-refractivity contribution is -0.127. The summed E-state index contributed by atoms with van der Waals surface area (Å²) in [6.45, 7) is 2.89. The minimum atomic E-state index is -2.85. The minimum Gasteiger partial charge on any atom is -0.352 e. The van der Waals surface area contributed by atoms with E-state index in [1.54, 1.807) is 13.8 Å². The molecule has 5 nitrogen and oxygen atoms in total. The molecule has 0 saturated carbocycles. The number of hydrogen-bond acceptors (Lipinski definition) is 3. The van der Waals surface area contributed by atoms with Crippen molar-refractivity contribution in [2.75, 3.05) is 13.1 Å². The van der Waals surface area contributed by atoms with Crippen molar-refractivity contribution in [3.63, 3.8) is 0 Å². The van der Waals surface area contributed by atoms with Crippen LogP contribution in [0.15, 0.2) is 0 Å². The molecule has 0 aliphatic carbocycles. The van der Waals surface area contributed by atoms with E-state index in [1.165, 1.54) is 0 Å². The van der Waals surface area contributed by atoms with E-state index in [9.17, 15) is 18.4 Å². The van der Waals surface area contributed by atoms with Gasteiger partial charge in [-0.3, -0.25) is 14.9 Å². The molecule has 1 rings (SSSR count). The molecule has 3 N–H and O–H groups in total. The van der Waals surface area contributed by atoms with Crippen LogP contribution in [0.3, 0.4) is 0 Å². The molecular formula is C10H17F2N3O2. The first-order valence-electron chi connectivity index (χ1n) is 5.48. The number of halogens is 2. The Balaban J connectivity index is 2.29. The molecule has 0 bridgehead atoms. The highest BCUT2D eigenvalue weighted by Gasteiger charge is 2.42. The van der Waals surface area contributed by atoms with Crippen LogP contribution in [0.1, 0.15) is 20.3 Å². The monoisotopic (exact) mass is 249 g/mol. The molecule has 1 fully saturated rings. The average Bonchev–Trinajstić information content (AvgIpc) is 2.54. The van der Waals surface area contributed by atoms with Gasteiger partial charge in [0.05, 0.1) is 19.1 Å². The van der Waals surface area contributed by atoms with Gasteiger partial charge in [0.1, 0.15) is 0 Å². The van der Waals surface area contributed by atoms with Crippen LogP contribution in [0.25, 0.3) is 0 Å². The predicted molar refractivity (Wildman–Crippen MR) is 57.6 cm³/mol. The molecule has 0 aromatic heterocycles. The highest BCUT2D eigenvalue weighted by Crippen LogP contribution is 2.24. The summed E-state index contributed by atoms with van der Waals surface area (Å²) in [4.78, 5) is 22.6. The van der Waals surface area contributed by atoms with Crippen molar-refractivity contribution in [1.82, 2.24) is 16.0 Å². The lowest BCUT2D eigenvalue weighted by atomic mass is 10.2. The Bertz CT molecular complexity index is 308. The summed E-state index contributed by atoms with van der Waals surface area (Å²) in [6.07, 6.45) is -0.523. The molecule has 2 amide bonds. The van der Waals surface area contributed by atoms with Crippen LogP contribution in [0.5, 0.6) is 0 Å². The van der Waals surface area contributed by atoms with Crippen molar-refractivity contribution in [1.29, 1.82) is 0 Å². The van der Waals surface area contributed by atoms with Crippen LogP contribution in [0.2, 0.25) is 0 Å². The largest absolute Gasteiger partial charge is 0.352 e. The van der Waals surface area contributed by atoms with Crippen molar-refractivity contribution in [2.45, 2.75) is 38.3 Å². The van der Waals surface area contributed by atoms with Crippen LogP contribution < -0.4 is 16.0 Å². The fraction of sp³-hybridized carbons (Fsp3) is 0.800. The van der Waals surface area contributed by atoms with E-state index in [-0.39, 0.29) is 18.5 Å². The Morgan fingerprint density at radius 2 is 2.12 bits per heavy atom. The summed E-state index contributed by atoms with van der Waals surface area (Å²) in [5.74, 6) is -3.75. The summed E-state index contributed by atoms with van der Waals surface area (Å²) in [6, 6.07) is -0.940. The van der Waals surface area contributed by atoms with Crippen LogP contribution in [-0.4, -0.2) is 42.9 Å². The molecule has 1 aliphatic heterocycles. The van der Waals surface area contributed by atoms with E-state index in [1.807, 2.05) is 0 Å². The summed E-state index contributed by atoms with van der Waals surface area (Å²) < 4.78 is 25.6. The topological polar surface area (TPSA) is 70.2 Å². The maximum atomic E-state index is 12.8. The van der Waals surface area contributed by atoms with E-state index >= 15 is 0 Å². The number of carbonyl (C=O) groups excluding carboxylic acids is 2. The van der Waals surface area contributed by atoms with Gasteiger partial charge in [0, 0.05) is 12.5 Å². The molecule has 0 aromatic rings. The Hall–Kier alpha value is -1.24. The molecule has 0 spiro atoms. The van der Waals surface area contributed by atoms with Gasteiger partial charge < -0.3 is 10.6 Å². The van der Waals surface area contributed by atoms with E-state index in [4.69, 9.17) is 0 Å². The number of carbonyl (C=O) groups is 2. The SMILES string of the molecule is CC(C)NC(=O)CNC(=O)C1CC(F)(F)CN1. The minimum absolute atomic E-state index is 0.0201. The van der Waals surface area contributed by atoms with Crippen LogP contribution in [0, 0.1) is 0 Å². The zero-order valence-corrected chi connectivity index (χ0v) is 9.85. The molecule has 1 unspecified atom stereocenters. The van der Waals surface area contributed by atoms with Crippen LogP contribution in [0.4, 0.5) is 8.78 Å². The highest BCUT2D eigenvalue weighted by molar-refractivity contribution is 5.87. The lowest BCUT2D eigenvalue weighted by Gasteiger charge is -2.12. The zero-order chi connectivity index (χ0) is 13.1. The summed E-state index contributed by atoms with van der Waals surface area (Å²) >= 11 is 0. The van der Waals surface area contributed by atoms with E-state index in [0.29, 0.717) is 0 Å². The van der Waals surface area contributed by atoms with Gasteiger partial charge in [0.15, 0.2) is 0 Å². The third kappa shape index (κ3) is 4.64. The average molecular weight is 249 g/mol. The second-order valence-electron chi connectivity index (χ2n) is 4.43. The molecule has 1 heterocycles. The first-order valence-corrected chi connectivity index (χ1v) is 5.48. The van der Waals surface area contributed by atoms with Gasteiger partial charge in [-0.2, -0.15) is 0 Å². The van der Waals surface area contributed by atoms with Crippen molar-refractivity contribution >= 4 is 11.8 Å². The Morgan fingerprint density at radius 1 is 1.47 bits per heavy atom. The lowest BCUT2D eigenvalue weighted by Crippen LogP contribution is -2.45. The Morgan fingerprint density at radius 3 is 2.59 bits per heavy atom. The number of amides is 2. The van der Waals surface area contributed by atoms with Crippen molar-refractivity contribution in [3.8, 4) is 0 Å². The van der Waals surface area contributed by atoms with Gasteiger partial charge in [-0.05, 0) is 13.8 Å². The predicted octanol–water partition coefficient (Wildman–Crippen LogP) is -0.376. The fourth-order valence-electron chi connectivity index (χ4n) is 1.56. The Kier molecular flexibility index (Phi) is 4.39. The van der Waals surface area contributed by atoms with E-state index < -0.39 is 30.8 Å². The van der Waals surface area contributed by atoms with E-state index in [0.717, 1.165) is 0 Å². The summed E-state index contributed by atoms with van der Waals surface area (Å²) in [5, 5.41) is 7.32. The molecule has 17 heavy (non-hydrogen) atoms. The van der Waals surface area contributed by atoms with Crippen LogP contribution >= 0.6 is 0 Å². The van der Waals surface area contributed by atoms with Gasteiger partial charge in [-0.25, -0.2) is 8.78 Å². The van der Waals surface area contributed by atoms with Gasteiger partial charge in [-0.1, -0.05) is 0 Å². The zero-order valence-electron chi connectivity index (χ0n) is 9.85. The number of hydrogen-bond donors (Lipinski definition) is 3. The Labute approximate surface area is 98.3 Å². The molecule has 1 aliphatic rings. The molecule has 0 aromatic carbocycles. The highest BCUT2D eigenvalue weighted by atomic mass is 19.3. The number of rotatable bonds is 4. The molecule has 98 valence electrons. The number of alkyl halides is 2. The maximum absolute atomic E-state index is 12.8. The second kappa shape index (κ2) is 5.39. The summed E-state index contributed by atoms with van der Waals surface area (Å²) in [5.41, 5.74) is 0. The normalized spacial score (nSPS) is 22.5. The fourth-order valence-corrected chi connectivity index (χ4v) is 1.56. The van der Waals surface area contributed by atoms with Crippen molar-refractivity contribution in [2.24, 2.45) is 0 Å². The maximum Gasteiger partial charge on any atom is 0.262 e. The first kappa shape index (κ1) is 13.8. The second-order valence-corrected chi connectivity index (χ2v) is 4.43. The number of nitrogens with one attached hydrogen (secondary N) is 3. The van der Waals surface area contributed by atoms with Crippen molar-refractivity contribution in [3.05, 3.63) is 0 Å². The van der Waals surface area contributed by atoms with Gasteiger partial charge in [0.25, 0.3) is 5.92 Å². The van der Waals surface area contributed by atoms with E-state index in [2.05, 4.69) is 16.0 Å². The molecule has 1 atom stereocenters. The molecular weight excluding hydrogens is 232 g/mol. The third-order valence-corrected chi connectivity index (χ3v) is 2.30. The smallest absolute Gasteiger partial charge is 0.262 e. The third-order valence-electron chi connectivity index (χ3n) is 2.30. The molecule has 1 saturated heterocycles. The molecule has 7 heteroatoms.